The van der Waals surface area contributed by atoms with E-state index in [0.29, 0.717) is 6.04 Å². The summed E-state index contributed by atoms with van der Waals surface area (Å²) in [6.07, 6.45) is 4.23. The van der Waals surface area contributed by atoms with Crippen molar-refractivity contribution < 1.29 is 4.74 Å². The number of benzene rings is 1. The second-order valence-electron chi connectivity index (χ2n) is 6.24. The molecule has 1 saturated heterocycles. The average molecular weight is 290 g/mol. The van der Waals surface area contributed by atoms with Crippen LogP contribution in [0.4, 0.5) is 0 Å². The van der Waals surface area contributed by atoms with Gasteiger partial charge in [0.05, 0.1) is 12.7 Å². The standard InChI is InChI=1S/C18H30N2O/c1-16(2)19-15-18(17-9-5-3-6-10-17)21-14-13-20-11-7-4-8-12-20/h3,5-6,9-10,16,18-19H,4,7-8,11-15H2,1-2H3. The highest BCUT2D eigenvalue weighted by Gasteiger charge is 2.14. The van der Waals surface area contributed by atoms with E-state index in [1.165, 1.54) is 37.9 Å². The molecule has 1 unspecified atom stereocenters. The van der Waals surface area contributed by atoms with Crippen LogP contribution in [-0.2, 0) is 4.74 Å². The summed E-state index contributed by atoms with van der Waals surface area (Å²) in [7, 11) is 0. The van der Waals surface area contributed by atoms with Gasteiger partial charge < -0.3 is 15.0 Å². The first kappa shape index (κ1) is 16.5. The van der Waals surface area contributed by atoms with Gasteiger partial charge in [-0.3, -0.25) is 0 Å². The lowest BCUT2D eigenvalue weighted by molar-refractivity contribution is 0.0327. The lowest BCUT2D eigenvalue weighted by Crippen LogP contribution is -2.34. The zero-order valence-electron chi connectivity index (χ0n) is 13.6. The van der Waals surface area contributed by atoms with Gasteiger partial charge in [-0.2, -0.15) is 0 Å². The van der Waals surface area contributed by atoms with Crippen LogP contribution in [-0.4, -0.2) is 43.7 Å². The molecule has 1 atom stereocenters. The lowest BCUT2D eigenvalue weighted by Gasteiger charge is -2.27. The highest BCUT2D eigenvalue weighted by atomic mass is 16.5. The van der Waals surface area contributed by atoms with Gasteiger partial charge in [-0.05, 0) is 31.5 Å². The Hall–Kier alpha value is -0.900. The SMILES string of the molecule is CC(C)NCC(OCCN1CCCCC1)c1ccccc1. The third-order valence-corrected chi connectivity index (χ3v) is 4.06. The first-order valence-electron chi connectivity index (χ1n) is 8.38. The number of ether oxygens (including phenoxy) is 1. The van der Waals surface area contributed by atoms with E-state index < -0.39 is 0 Å². The van der Waals surface area contributed by atoms with Gasteiger partial charge in [0, 0.05) is 19.1 Å². The maximum Gasteiger partial charge on any atom is 0.0949 e. The molecule has 2 rings (SSSR count). The Morgan fingerprint density at radius 2 is 1.81 bits per heavy atom. The van der Waals surface area contributed by atoms with Crippen molar-refractivity contribution in [3.63, 3.8) is 0 Å². The number of hydrogen-bond acceptors (Lipinski definition) is 3. The zero-order chi connectivity index (χ0) is 14.9. The molecule has 3 nitrogen and oxygen atoms in total. The summed E-state index contributed by atoms with van der Waals surface area (Å²) in [6.45, 7) is 9.59. The van der Waals surface area contributed by atoms with Crippen LogP contribution in [0.3, 0.4) is 0 Å². The molecule has 1 aromatic carbocycles. The maximum absolute atomic E-state index is 6.18. The molecule has 0 bridgehead atoms. The van der Waals surface area contributed by atoms with E-state index >= 15 is 0 Å². The molecule has 0 radical (unpaired) electrons. The molecule has 118 valence electrons. The molecule has 1 heterocycles. The maximum atomic E-state index is 6.18. The predicted octanol–water partition coefficient (Wildman–Crippen LogP) is 3.23. The van der Waals surface area contributed by atoms with Crippen molar-refractivity contribution in [3.05, 3.63) is 35.9 Å². The van der Waals surface area contributed by atoms with Crippen molar-refractivity contribution in [3.8, 4) is 0 Å². The summed E-state index contributed by atoms with van der Waals surface area (Å²) in [5, 5.41) is 3.49. The largest absolute Gasteiger partial charge is 0.371 e. The molecule has 3 heteroatoms. The van der Waals surface area contributed by atoms with Crippen LogP contribution in [0.5, 0.6) is 0 Å². The molecule has 1 N–H and O–H groups in total. The molecule has 0 saturated carbocycles. The van der Waals surface area contributed by atoms with Gasteiger partial charge in [-0.25, -0.2) is 0 Å². The van der Waals surface area contributed by atoms with Crippen LogP contribution in [0.15, 0.2) is 30.3 Å². The Balaban J connectivity index is 1.80. The third-order valence-electron chi connectivity index (χ3n) is 4.06. The summed E-state index contributed by atoms with van der Waals surface area (Å²) in [6, 6.07) is 11.0. The molecular weight excluding hydrogens is 260 g/mol. The van der Waals surface area contributed by atoms with Crippen molar-refractivity contribution in [2.45, 2.75) is 45.3 Å². The van der Waals surface area contributed by atoms with E-state index in [9.17, 15) is 0 Å². The Labute approximate surface area is 129 Å². The van der Waals surface area contributed by atoms with Gasteiger partial charge >= 0.3 is 0 Å². The average Bonchev–Trinajstić information content (AvgIpc) is 2.52. The van der Waals surface area contributed by atoms with Crippen LogP contribution < -0.4 is 5.32 Å². The fourth-order valence-electron chi connectivity index (χ4n) is 2.79. The minimum atomic E-state index is 0.151. The highest BCUT2D eigenvalue weighted by molar-refractivity contribution is 5.17. The molecular formula is C18H30N2O. The second kappa shape index (κ2) is 9.19. The summed E-state index contributed by atoms with van der Waals surface area (Å²) in [4.78, 5) is 2.53. The molecule has 1 aliphatic rings. The summed E-state index contributed by atoms with van der Waals surface area (Å²) in [5.41, 5.74) is 1.27. The van der Waals surface area contributed by atoms with E-state index in [4.69, 9.17) is 4.74 Å². The van der Waals surface area contributed by atoms with Crippen LogP contribution >= 0.6 is 0 Å². The van der Waals surface area contributed by atoms with Crippen molar-refractivity contribution in [1.82, 2.24) is 10.2 Å². The minimum absolute atomic E-state index is 0.151. The number of nitrogens with one attached hydrogen (secondary N) is 1. The van der Waals surface area contributed by atoms with E-state index in [1.807, 2.05) is 0 Å². The summed E-state index contributed by atoms with van der Waals surface area (Å²) in [5.74, 6) is 0. The second-order valence-corrected chi connectivity index (χ2v) is 6.24. The third kappa shape index (κ3) is 6.16. The van der Waals surface area contributed by atoms with E-state index in [-0.39, 0.29) is 6.10 Å². The van der Waals surface area contributed by atoms with E-state index in [0.717, 1.165) is 19.7 Å². The zero-order valence-corrected chi connectivity index (χ0v) is 13.6. The fraction of sp³-hybridized carbons (Fsp3) is 0.667. The number of hydrogen-bond donors (Lipinski definition) is 1. The monoisotopic (exact) mass is 290 g/mol. The normalized spacial score (nSPS) is 18.0. The Kier molecular flexibility index (Phi) is 7.20. The van der Waals surface area contributed by atoms with Crippen LogP contribution in [0.1, 0.15) is 44.8 Å². The van der Waals surface area contributed by atoms with Gasteiger partial charge in [0.1, 0.15) is 0 Å². The first-order chi connectivity index (χ1) is 10.3. The Morgan fingerprint density at radius 3 is 2.48 bits per heavy atom. The van der Waals surface area contributed by atoms with Crippen molar-refractivity contribution in [2.24, 2.45) is 0 Å². The molecule has 1 aromatic rings. The van der Waals surface area contributed by atoms with Crippen LogP contribution in [0.25, 0.3) is 0 Å². The van der Waals surface area contributed by atoms with Crippen molar-refractivity contribution in [1.29, 1.82) is 0 Å². The molecule has 0 aromatic heterocycles. The molecule has 1 aliphatic heterocycles. The molecule has 0 aliphatic carbocycles. The number of piperidine rings is 1. The molecule has 21 heavy (non-hydrogen) atoms. The summed E-state index contributed by atoms with van der Waals surface area (Å²) < 4.78 is 6.18. The van der Waals surface area contributed by atoms with Gasteiger partial charge in [0.2, 0.25) is 0 Å². The van der Waals surface area contributed by atoms with Gasteiger partial charge in [0.25, 0.3) is 0 Å². The van der Waals surface area contributed by atoms with E-state index in [2.05, 4.69) is 54.4 Å². The number of rotatable bonds is 8. The van der Waals surface area contributed by atoms with E-state index in [1.54, 1.807) is 0 Å². The quantitative estimate of drug-likeness (QED) is 0.795. The van der Waals surface area contributed by atoms with Crippen molar-refractivity contribution in [2.75, 3.05) is 32.8 Å². The highest BCUT2D eigenvalue weighted by Crippen LogP contribution is 2.17. The van der Waals surface area contributed by atoms with Crippen molar-refractivity contribution >= 4 is 0 Å². The first-order valence-corrected chi connectivity index (χ1v) is 8.38. The Bertz CT molecular complexity index is 374. The van der Waals surface area contributed by atoms with Gasteiger partial charge in [-0.15, -0.1) is 0 Å². The van der Waals surface area contributed by atoms with Gasteiger partial charge in [0.15, 0.2) is 0 Å². The fourth-order valence-corrected chi connectivity index (χ4v) is 2.79. The lowest BCUT2D eigenvalue weighted by atomic mass is 10.1. The Morgan fingerprint density at radius 1 is 1.10 bits per heavy atom. The molecule has 0 amide bonds. The van der Waals surface area contributed by atoms with Crippen LogP contribution in [0.2, 0.25) is 0 Å². The topological polar surface area (TPSA) is 24.5 Å². The predicted molar refractivity (Wildman–Crippen MR) is 88.6 cm³/mol. The molecule has 0 spiro atoms. The molecule has 1 fully saturated rings. The smallest absolute Gasteiger partial charge is 0.0949 e. The minimum Gasteiger partial charge on any atom is -0.371 e. The summed E-state index contributed by atoms with van der Waals surface area (Å²) >= 11 is 0. The van der Waals surface area contributed by atoms with Gasteiger partial charge in [-0.1, -0.05) is 50.6 Å². The van der Waals surface area contributed by atoms with Crippen LogP contribution in [0, 0.1) is 0 Å². The number of nitrogens with zero attached hydrogens (tertiary/aromatic N) is 1. The number of likely N-dealkylation sites (tertiary alicyclic amines) is 1.